The number of hydrogen-bond acceptors (Lipinski definition) is 4. The van der Waals surface area contributed by atoms with Gasteiger partial charge in [0.2, 0.25) is 5.95 Å². The average molecular weight is 358 g/mol. The molecule has 27 heavy (non-hydrogen) atoms. The molecular formula is C22H22N4O. The zero-order chi connectivity index (χ0) is 18.8. The highest BCUT2D eigenvalue weighted by molar-refractivity contribution is 6.07. The van der Waals surface area contributed by atoms with Crippen LogP contribution in [0.4, 0.5) is 11.6 Å². The molecule has 4 rings (SSSR count). The summed E-state index contributed by atoms with van der Waals surface area (Å²) in [6.45, 7) is 4.12. The second-order valence-electron chi connectivity index (χ2n) is 6.93. The summed E-state index contributed by atoms with van der Waals surface area (Å²) >= 11 is 0. The van der Waals surface area contributed by atoms with Crippen LogP contribution in [0, 0.1) is 0 Å². The number of rotatable bonds is 4. The van der Waals surface area contributed by atoms with Gasteiger partial charge < -0.3 is 10.2 Å². The summed E-state index contributed by atoms with van der Waals surface area (Å²) in [5, 5.41) is 3.27. The van der Waals surface area contributed by atoms with Crippen LogP contribution in [-0.2, 0) is 6.42 Å². The number of hydrogen-bond donors (Lipinski definition) is 1. The highest BCUT2D eigenvalue weighted by Gasteiger charge is 2.31. The van der Waals surface area contributed by atoms with E-state index in [-0.39, 0.29) is 18.0 Å². The summed E-state index contributed by atoms with van der Waals surface area (Å²) in [6, 6.07) is 18.4. The number of carbonyl (C=O) groups is 1. The minimum absolute atomic E-state index is 0.0601. The summed E-state index contributed by atoms with van der Waals surface area (Å²) in [5.41, 5.74) is 3.84. The molecule has 2 heterocycles. The van der Waals surface area contributed by atoms with E-state index in [0.29, 0.717) is 11.5 Å². The summed E-state index contributed by atoms with van der Waals surface area (Å²) in [4.78, 5) is 23.5. The molecule has 0 aliphatic carbocycles. The topological polar surface area (TPSA) is 58.1 Å². The van der Waals surface area contributed by atoms with Crippen molar-refractivity contribution < 1.29 is 4.79 Å². The lowest BCUT2D eigenvalue weighted by Gasteiger charge is -2.22. The molecule has 2 unspecified atom stereocenters. The van der Waals surface area contributed by atoms with E-state index < -0.39 is 0 Å². The fraction of sp³-hybridized carbons (Fsp3) is 0.227. The Balaban J connectivity index is 1.50. The molecule has 1 aliphatic rings. The number of fused-ring (bicyclic) bond motifs is 1. The van der Waals surface area contributed by atoms with Crippen LogP contribution in [0.3, 0.4) is 0 Å². The van der Waals surface area contributed by atoms with E-state index in [2.05, 4.69) is 47.3 Å². The van der Waals surface area contributed by atoms with Crippen molar-refractivity contribution >= 4 is 17.5 Å². The molecule has 0 spiro atoms. The third-order valence-corrected chi connectivity index (χ3v) is 4.97. The van der Waals surface area contributed by atoms with Gasteiger partial charge in [0.1, 0.15) is 0 Å². The Bertz CT molecular complexity index is 940. The molecule has 3 aromatic rings. The fourth-order valence-corrected chi connectivity index (χ4v) is 3.55. The zero-order valence-electron chi connectivity index (χ0n) is 15.5. The minimum atomic E-state index is -0.0601. The van der Waals surface area contributed by atoms with E-state index in [1.54, 1.807) is 12.4 Å². The van der Waals surface area contributed by atoms with Gasteiger partial charge in [-0.15, -0.1) is 0 Å². The predicted octanol–water partition coefficient (Wildman–Crippen LogP) is 4.24. The minimum Gasteiger partial charge on any atom is -0.348 e. The summed E-state index contributed by atoms with van der Waals surface area (Å²) in [6.07, 6.45) is 4.07. The van der Waals surface area contributed by atoms with Crippen molar-refractivity contribution in [2.24, 2.45) is 0 Å². The standard InChI is InChI=1S/C22H22N4O/c1-15-12-18-10-6-7-11-20(18)26(15)21(27)19-13-23-22(24-14-19)25-16(2)17-8-4-3-5-9-17/h3-11,13-16H,12H2,1-2H3,(H,23,24,25). The molecule has 1 aliphatic heterocycles. The molecule has 136 valence electrons. The van der Waals surface area contributed by atoms with E-state index in [4.69, 9.17) is 0 Å². The largest absolute Gasteiger partial charge is 0.348 e. The Kier molecular flexibility index (Phi) is 4.59. The monoisotopic (exact) mass is 358 g/mol. The Morgan fingerprint density at radius 3 is 2.48 bits per heavy atom. The van der Waals surface area contributed by atoms with Crippen LogP contribution in [0.1, 0.15) is 41.4 Å². The van der Waals surface area contributed by atoms with Crippen LogP contribution in [0.2, 0.25) is 0 Å². The lowest BCUT2D eigenvalue weighted by molar-refractivity contribution is 0.0981. The van der Waals surface area contributed by atoms with Crippen molar-refractivity contribution in [3.63, 3.8) is 0 Å². The molecule has 2 aromatic carbocycles. The molecule has 5 heteroatoms. The Hall–Kier alpha value is -3.21. The first kappa shape index (κ1) is 17.2. The third kappa shape index (κ3) is 3.40. The molecule has 0 fully saturated rings. The van der Waals surface area contributed by atoms with E-state index in [1.807, 2.05) is 41.3 Å². The van der Waals surface area contributed by atoms with E-state index in [1.165, 1.54) is 5.56 Å². The first-order chi connectivity index (χ1) is 13.1. The molecule has 0 saturated heterocycles. The molecule has 0 bridgehead atoms. The SMILES string of the molecule is CC(Nc1ncc(C(=O)N2c3ccccc3CC2C)cn1)c1ccccc1. The van der Waals surface area contributed by atoms with Crippen LogP contribution >= 0.6 is 0 Å². The normalized spacial score (nSPS) is 16.7. The number of nitrogens with one attached hydrogen (secondary N) is 1. The number of nitrogens with zero attached hydrogens (tertiary/aromatic N) is 3. The molecule has 0 saturated carbocycles. The van der Waals surface area contributed by atoms with Crippen molar-refractivity contribution in [1.29, 1.82) is 0 Å². The number of benzene rings is 2. The van der Waals surface area contributed by atoms with E-state index in [0.717, 1.165) is 17.7 Å². The highest BCUT2D eigenvalue weighted by Crippen LogP contribution is 2.32. The quantitative estimate of drug-likeness (QED) is 0.758. The molecule has 0 radical (unpaired) electrons. The molecule has 5 nitrogen and oxygen atoms in total. The van der Waals surface area contributed by atoms with Crippen LogP contribution in [0.25, 0.3) is 0 Å². The fourth-order valence-electron chi connectivity index (χ4n) is 3.55. The van der Waals surface area contributed by atoms with Gasteiger partial charge in [0.05, 0.1) is 11.6 Å². The van der Waals surface area contributed by atoms with Crippen LogP contribution in [0.15, 0.2) is 67.0 Å². The van der Waals surface area contributed by atoms with E-state index in [9.17, 15) is 4.79 Å². The summed E-state index contributed by atoms with van der Waals surface area (Å²) in [5.74, 6) is 0.452. The van der Waals surface area contributed by atoms with Gasteiger partial charge in [-0.1, -0.05) is 48.5 Å². The Morgan fingerprint density at radius 1 is 1.07 bits per heavy atom. The molecule has 1 N–H and O–H groups in total. The van der Waals surface area contributed by atoms with Gasteiger partial charge in [0, 0.05) is 24.1 Å². The molecule has 2 atom stereocenters. The van der Waals surface area contributed by atoms with Gasteiger partial charge in [-0.3, -0.25) is 4.79 Å². The van der Waals surface area contributed by atoms with Gasteiger partial charge in [-0.2, -0.15) is 0 Å². The third-order valence-electron chi connectivity index (χ3n) is 4.97. The van der Waals surface area contributed by atoms with Gasteiger partial charge in [0.25, 0.3) is 5.91 Å². The van der Waals surface area contributed by atoms with Gasteiger partial charge >= 0.3 is 0 Å². The van der Waals surface area contributed by atoms with Crippen molar-refractivity contribution in [1.82, 2.24) is 9.97 Å². The second kappa shape index (κ2) is 7.19. The maximum Gasteiger partial charge on any atom is 0.261 e. The second-order valence-corrected chi connectivity index (χ2v) is 6.93. The van der Waals surface area contributed by atoms with Gasteiger partial charge in [0.15, 0.2) is 0 Å². The Morgan fingerprint density at radius 2 is 1.74 bits per heavy atom. The Labute approximate surface area is 159 Å². The first-order valence-electron chi connectivity index (χ1n) is 9.18. The number of carbonyl (C=O) groups excluding carboxylic acids is 1. The summed E-state index contributed by atoms with van der Waals surface area (Å²) in [7, 11) is 0. The highest BCUT2D eigenvalue weighted by atomic mass is 16.2. The van der Waals surface area contributed by atoms with Crippen molar-refractivity contribution in [2.75, 3.05) is 10.2 Å². The molecule has 1 aromatic heterocycles. The lowest BCUT2D eigenvalue weighted by Crippen LogP contribution is -2.35. The van der Waals surface area contributed by atoms with Crippen LogP contribution < -0.4 is 10.2 Å². The number of anilines is 2. The number of aromatic nitrogens is 2. The van der Waals surface area contributed by atoms with Gasteiger partial charge in [-0.05, 0) is 37.5 Å². The first-order valence-corrected chi connectivity index (χ1v) is 9.18. The smallest absolute Gasteiger partial charge is 0.261 e. The van der Waals surface area contributed by atoms with Gasteiger partial charge in [-0.25, -0.2) is 9.97 Å². The zero-order valence-corrected chi connectivity index (χ0v) is 15.5. The summed E-state index contributed by atoms with van der Waals surface area (Å²) < 4.78 is 0. The van der Waals surface area contributed by atoms with Crippen molar-refractivity contribution in [3.8, 4) is 0 Å². The van der Waals surface area contributed by atoms with Crippen LogP contribution in [0.5, 0.6) is 0 Å². The number of amides is 1. The maximum absolute atomic E-state index is 13.0. The predicted molar refractivity (Wildman–Crippen MR) is 107 cm³/mol. The van der Waals surface area contributed by atoms with E-state index >= 15 is 0 Å². The molecule has 1 amide bonds. The molecular weight excluding hydrogens is 336 g/mol. The van der Waals surface area contributed by atoms with Crippen LogP contribution in [-0.4, -0.2) is 21.9 Å². The lowest BCUT2D eigenvalue weighted by atomic mass is 10.1. The van der Waals surface area contributed by atoms with Crippen molar-refractivity contribution in [2.45, 2.75) is 32.4 Å². The maximum atomic E-state index is 13.0. The number of para-hydroxylation sites is 1. The van der Waals surface area contributed by atoms with Crippen molar-refractivity contribution in [3.05, 3.63) is 83.7 Å². The average Bonchev–Trinajstić information content (AvgIpc) is 3.04.